The highest BCUT2D eigenvalue weighted by molar-refractivity contribution is 9.09. The lowest BCUT2D eigenvalue weighted by atomic mass is 9.99. The van der Waals surface area contributed by atoms with Crippen molar-refractivity contribution in [2.45, 2.75) is 18.2 Å². The minimum absolute atomic E-state index is 0.00852. The average molecular weight is 353 g/mol. The molecule has 0 fully saturated rings. The van der Waals surface area contributed by atoms with Crippen LogP contribution in [0.2, 0.25) is 0 Å². The van der Waals surface area contributed by atoms with Crippen LogP contribution in [0.3, 0.4) is 0 Å². The largest absolute Gasteiger partial charge is 0.493 e. The number of hydrogen-bond donors (Lipinski definition) is 0. The number of methoxy groups -OCH3 is 2. The van der Waals surface area contributed by atoms with Gasteiger partial charge in [-0.1, -0.05) is 34.1 Å². The summed E-state index contributed by atoms with van der Waals surface area (Å²) in [5, 5.41) is 0. The molecule has 0 aliphatic heterocycles. The van der Waals surface area contributed by atoms with Gasteiger partial charge in [-0.05, 0) is 48.2 Å². The molecule has 0 saturated carbocycles. The van der Waals surface area contributed by atoms with Gasteiger partial charge in [0.15, 0.2) is 11.5 Å². The van der Waals surface area contributed by atoms with Gasteiger partial charge in [0, 0.05) is 4.83 Å². The summed E-state index contributed by atoms with van der Waals surface area (Å²) in [6, 6.07) is 10.7. The molecule has 2 aromatic carbocycles. The molecular formula is C17H18BrFO2. The van der Waals surface area contributed by atoms with E-state index in [9.17, 15) is 4.39 Å². The van der Waals surface area contributed by atoms with Crippen LogP contribution in [0.5, 0.6) is 11.5 Å². The van der Waals surface area contributed by atoms with E-state index in [1.54, 1.807) is 26.4 Å². The second-order valence-electron chi connectivity index (χ2n) is 4.83. The van der Waals surface area contributed by atoms with Crippen LogP contribution < -0.4 is 9.47 Å². The molecule has 0 aromatic heterocycles. The normalized spacial score (nSPS) is 12.0. The Morgan fingerprint density at radius 1 is 1.10 bits per heavy atom. The van der Waals surface area contributed by atoms with Gasteiger partial charge in [0.05, 0.1) is 14.2 Å². The summed E-state index contributed by atoms with van der Waals surface area (Å²) in [5.41, 5.74) is 2.83. The van der Waals surface area contributed by atoms with Crippen molar-refractivity contribution in [1.29, 1.82) is 0 Å². The van der Waals surface area contributed by atoms with Crippen LogP contribution in [0, 0.1) is 12.7 Å². The van der Waals surface area contributed by atoms with E-state index in [2.05, 4.69) is 15.9 Å². The van der Waals surface area contributed by atoms with E-state index in [1.165, 1.54) is 6.07 Å². The third-order valence-electron chi connectivity index (χ3n) is 3.47. The Kier molecular flexibility index (Phi) is 5.23. The number of aryl methyl sites for hydroxylation is 1. The summed E-state index contributed by atoms with van der Waals surface area (Å²) in [6.45, 7) is 2.01. The topological polar surface area (TPSA) is 18.5 Å². The first-order chi connectivity index (χ1) is 10.1. The highest BCUT2D eigenvalue weighted by Gasteiger charge is 2.16. The summed E-state index contributed by atoms with van der Waals surface area (Å²) in [6.07, 6.45) is 0.572. The lowest BCUT2D eigenvalue weighted by Gasteiger charge is -2.17. The molecule has 0 saturated heterocycles. The molecule has 4 heteroatoms. The summed E-state index contributed by atoms with van der Waals surface area (Å²) in [7, 11) is 3.22. The summed E-state index contributed by atoms with van der Waals surface area (Å²) in [4.78, 5) is 0.00852. The molecule has 0 amide bonds. The maximum Gasteiger partial charge on any atom is 0.161 e. The first kappa shape index (κ1) is 15.8. The zero-order valence-electron chi connectivity index (χ0n) is 12.3. The molecule has 0 N–H and O–H groups in total. The number of hydrogen-bond acceptors (Lipinski definition) is 2. The monoisotopic (exact) mass is 352 g/mol. The Balaban J connectivity index is 2.31. The van der Waals surface area contributed by atoms with Crippen molar-refractivity contribution in [2.24, 2.45) is 0 Å². The van der Waals surface area contributed by atoms with Crippen molar-refractivity contribution in [3.05, 3.63) is 58.9 Å². The molecule has 0 radical (unpaired) electrons. The van der Waals surface area contributed by atoms with Crippen molar-refractivity contribution in [1.82, 2.24) is 0 Å². The summed E-state index contributed by atoms with van der Waals surface area (Å²) >= 11 is 3.65. The SMILES string of the molecule is COc1cc(C)c(C(Br)Cc2ccccc2F)cc1OC. The van der Waals surface area contributed by atoms with Crippen LogP contribution in [0.4, 0.5) is 4.39 Å². The molecule has 0 spiro atoms. The van der Waals surface area contributed by atoms with Crippen molar-refractivity contribution >= 4 is 15.9 Å². The Morgan fingerprint density at radius 2 is 1.71 bits per heavy atom. The van der Waals surface area contributed by atoms with Crippen molar-refractivity contribution < 1.29 is 13.9 Å². The van der Waals surface area contributed by atoms with Crippen LogP contribution in [0.25, 0.3) is 0 Å². The van der Waals surface area contributed by atoms with Crippen molar-refractivity contribution in [2.75, 3.05) is 14.2 Å². The Hall–Kier alpha value is -1.55. The average Bonchev–Trinajstić information content (AvgIpc) is 2.49. The second-order valence-corrected chi connectivity index (χ2v) is 5.93. The molecule has 2 rings (SSSR count). The van der Waals surface area contributed by atoms with E-state index < -0.39 is 0 Å². The van der Waals surface area contributed by atoms with Crippen LogP contribution in [-0.4, -0.2) is 14.2 Å². The highest BCUT2D eigenvalue weighted by atomic mass is 79.9. The Morgan fingerprint density at radius 3 is 2.33 bits per heavy atom. The molecule has 1 unspecified atom stereocenters. The van der Waals surface area contributed by atoms with Crippen LogP contribution in [-0.2, 0) is 6.42 Å². The minimum Gasteiger partial charge on any atom is -0.493 e. The Labute approximate surface area is 133 Å². The van der Waals surface area contributed by atoms with Crippen molar-refractivity contribution in [3.8, 4) is 11.5 Å². The standard InChI is InChI=1S/C17H18BrFO2/c1-11-8-16(20-2)17(21-3)10-13(11)14(18)9-12-6-4-5-7-15(12)19/h4-8,10,14H,9H2,1-3H3. The molecule has 0 bridgehead atoms. The highest BCUT2D eigenvalue weighted by Crippen LogP contribution is 2.37. The molecule has 21 heavy (non-hydrogen) atoms. The van der Waals surface area contributed by atoms with Crippen LogP contribution >= 0.6 is 15.9 Å². The molecule has 2 nitrogen and oxygen atoms in total. The molecule has 2 aromatic rings. The van der Waals surface area contributed by atoms with Gasteiger partial charge in [0.1, 0.15) is 5.82 Å². The summed E-state index contributed by atoms with van der Waals surface area (Å²) < 4.78 is 24.4. The third-order valence-corrected chi connectivity index (χ3v) is 4.28. The number of benzene rings is 2. The van der Waals surface area contributed by atoms with Gasteiger partial charge in [0.25, 0.3) is 0 Å². The van der Waals surface area contributed by atoms with Crippen molar-refractivity contribution in [3.63, 3.8) is 0 Å². The smallest absolute Gasteiger partial charge is 0.161 e. The molecule has 0 aliphatic rings. The summed E-state index contributed by atoms with van der Waals surface area (Å²) in [5.74, 6) is 1.19. The van der Waals surface area contributed by atoms with Gasteiger partial charge in [-0.2, -0.15) is 0 Å². The second kappa shape index (κ2) is 6.94. The van der Waals surface area contributed by atoms with E-state index in [1.807, 2.05) is 25.1 Å². The number of rotatable bonds is 5. The quantitative estimate of drug-likeness (QED) is 0.717. The van der Waals surface area contributed by atoms with E-state index in [-0.39, 0.29) is 10.6 Å². The van der Waals surface area contributed by atoms with Gasteiger partial charge >= 0.3 is 0 Å². The van der Waals surface area contributed by atoms with Crippen LogP contribution in [0.15, 0.2) is 36.4 Å². The molecular weight excluding hydrogens is 335 g/mol. The lowest BCUT2D eigenvalue weighted by molar-refractivity contribution is 0.354. The number of halogens is 2. The van der Waals surface area contributed by atoms with E-state index >= 15 is 0 Å². The first-order valence-electron chi connectivity index (χ1n) is 6.66. The molecule has 0 heterocycles. The third kappa shape index (κ3) is 3.56. The zero-order chi connectivity index (χ0) is 15.4. The fourth-order valence-corrected chi connectivity index (χ4v) is 3.14. The maximum atomic E-state index is 13.8. The van der Waals surface area contributed by atoms with Gasteiger partial charge in [-0.25, -0.2) is 4.39 Å². The number of ether oxygens (including phenoxy) is 2. The van der Waals surface area contributed by atoms with Crippen LogP contribution in [0.1, 0.15) is 21.5 Å². The fraction of sp³-hybridized carbons (Fsp3) is 0.294. The minimum atomic E-state index is -0.180. The Bertz CT molecular complexity index is 628. The maximum absolute atomic E-state index is 13.8. The lowest BCUT2D eigenvalue weighted by Crippen LogP contribution is -2.02. The van der Waals surface area contributed by atoms with Gasteiger partial charge < -0.3 is 9.47 Å². The predicted molar refractivity (Wildman–Crippen MR) is 86.1 cm³/mol. The van der Waals surface area contributed by atoms with Gasteiger partial charge in [-0.3, -0.25) is 0 Å². The number of alkyl halides is 1. The van der Waals surface area contributed by atoms with Gasteiger partial charge in [0.2, 0.25) is 0 Å². The first-order valence-corrected chi connectivity index (χ1v) is 7.58. The predicted octanol–water partition coefficient (Wildman–Crippen LogP) is 4.83. The molecule has 112 valence electrons. The van der Waals surface area contributed by atoms with E-state index in [4.69, 9.17) is 9.47 Å². The molecule has 0 aliphatic carbocycles. The van der Waals surface area contributed by atoms with E-state index in [0.29, 0.717) is 23.5 Å². The fourth-order valence-electron chi connectivity index (χ4n) is 2.30. The zero-order valence-corrected chi connectivity index (χ0v) is 13.9. The molecule has 1 atom stereocenters. The van der Waals surface area contributed by atoms with E-state index in [0.717, 1.165) is 11.1 Å². The van der Waals surface area contributed by atoms with Gasteiger partial charge in [-0.15, -0.1) is 0 Å².